The molecule has 0 N–H and O–H groups in total. The third-order valence-corrected chi connectivity index (χ3v) is 3.36. The SMILES string of the molecule is Cc1c(F)cc(CCCCc2ccccc2)cc1F. The van der Waals surface area contributed by atoms with Gasteiger partial charge in [0.1, 0.15) is 11.6 Å². The number of hydrogen-bond acceptors (Lipinski definition) is 0. The molecule has 0 saturated heterocycles. The molecule has 2 heteroatoms. The van der Waals surface area contributed by atoms with Crippen molar-refractivity contribution >= 4 is 0 Å². The Balaban J connectivity index is 1.83. The Morgan fingerprint density at radius 2 is 1.32 bits per heavy atom. The first-order chi connectivity index (χ1) is 9.16. The van der Waals surface area contributed by atoms with Crippen molar-refractivity contribution in [1.82, 2.24) is 0 Å². The Labute approximate surface area is 113 Å². The lowest BCUT2D eigenvalue weighted by molar-refractivity contribution is 0.563. The van der Waals surface area contributed by atoms with E-state index in [4.69, 9.17) is 0 Å². The average molecular weight is 260 g/mol. The number of benzene rings is 2. The molecule has 0 aromatic heterocycles. The van der Waals surface area contributed by atoms with Crippen LogP contribution in [0.1, 0.15) is 29.5 Å². The normalized spacial score (nSPS) is 10.7. The van der Waals surface area contributed by atoms with Crippen LogP contribution in [0.2, 0.25) is 0 Å². The minimum Gasteiger partial charge on any atom is -0.207 e. The van der Waals surface area contributed by atoms with Gasteiger partial charge in [0.2, 0.25) is 0 Å². The first-order valence-corrected chi connectivity index (χ1v) is 6.65. The summed E-state index contributed by atoms with van der Waals surface area (Å²) in [5, 5.41) is 0. The molecule has 0 heterocycles. The van der Waals surface area contributed by atoms with Gasteiger partial charge in [0.05, 0.1) is 0 Å². The third kappa shape index (κ3) is 3.88. The molecule has 0 spiro atoms. The molecule has 0 radical (unpaired) electrons. The molecule has 0 nitrogen and oxygen atoms in total. The number of halogens is 2. The summed E-state index contributed by atoms with van der Waals surface area (Å²) in [7, 11) is 0. The molecule has 0 amide bonds. The summed E-state index contributed by atoms with van der Waals surface area (Å²) >= 11 is 0. The van der Waals surface area contributed by atoms with Gasteiger partial charge in [0.15, 0.2) is 0 Å². The Hall–Kier alpha value is -1.70. The van der Waals surface area contributed by atoms with E-state index >= 15 is 0 Å². The zero-order chi connectivity index (χ0) is 13.7. The summed E-state index contributed by atoms with van der Waals surface area (Å²) in [5.41, 5.74) is 2.16. The van der Waals surface area contributed by atoms with Crippen molar-refractivity contribution < 1.29 is 8.78 Å². The predicted molar refractivity (Wildman–Crippen MR) is 74.2 cm³/mol. The Morgan fingerprint density at radius 1 is 0.789 bits per heavy atom. The van der Waals surface area contributed by atoms with E-state index in [0.29, 0.717) is 0 Å². The highest BCUT2D eigenvalue weighted by atomic mass is 19.1. The molecule has 0 aliphatic heterocycles. The monoisotopic (exact) mass is 260 g/mol. The molecule has 0 saturated carbocycles. The van der Waals surface area contributed by atoms with Crippen molar-refractivity contribution in [2.45, 2.75) is 32.6 Å². The van der Waals surface area contributed by atoms with Gasteiger partial charge in [-0.15, -0.1) is 0 Å². The van der Waals surface area contributed by atoms with Gasteiger partial charge in [-0.25, -0.2) is 8.78 Å². The summed E-state index contributed by atoms with van der Waals surface area (Å²) in [5.74, 6) is -0.892. The summed E-state index contributed by atoms with van der Waals surface area (Å²) in [6.07, 6.45) is 3.70. The van der Waals surface area contributed by atoms with Gasteiger partial charge in [0, 0.05) is 5.56 Å². The molecule has 2 rings (SSSR count). The fraction of sp³-hybridized carbons (Fsp3) is 0.294. The standard InChI is InChI=1S/C17H18F2/c1-13-16(18)11-15(12-17(13)19)10-6-5-9-14-7-3-2-4-8-14/h2-4,7-8,11-12H,5-6,9-10H2,1H3. The van der Waals surface area contributed by atoms with Crippen molar-refractivity contribution in [2.24, 2.45) is 0 Å². The van der Waals surface area contributed by atoms with E-state index < -0.39 is 11.6 Å². The van der Waals surface area contributed by atoms with Crippen LogP contribution in [0.5, 0.6) is 0 Å². The van der Waals surface area contributed by atoms with E-state index in [-0.39, 0.29) is 5.56 Å². The molecule has 2 aromatic rings. The maximum Gasteiger partial charge on any atom is 0.129 e. The number of hydrogen-bond donors (Lipinski definition) is 0. The smallest absolute Gasteiger partial charge is 0.129 e. The first-order valence-electron chi connectivity index (χ1n) is 6.65. The molecule has 0 aliphatic rings. The van der Waals surface area contributed by atoms with E-state index in [2.05, 4.69) is 12.1 Å². The van der Waals surface area contributed by atoms with Crippen LogP contribution < -0.4 is 0 Å². The van der Waals surface area contributed by atoms with Crippen molar-refractivity contribution in [3.63, 3.8) is 0 Å². The van der Waals surface area contributed by atoms with Crippen LogP contribution in [0.3, 0.4) is 0 Å². The molecule has 0 fully saturated rings. The second-order valence-corrected chi connectivity index (χ2v) is 4.88. The topological polar surface area (TPSA) is 0 Å². The van der Waals surface area contributed by atoms with Gasteiger partial charge in [-0.3, -0.25) is 0 Å². The van der Waals surface area contributed by atoms with Gasteiger partial charge in [-0.1, -0.05) is 30.3 Å². The molecule has 0 unspecified atom stereocenters. The zero-order valence-electron chi connectivity index (χ0n) is 11.1. The third-order valence-electron chi connectivity index (χ3n) is 3.36. The van der Waals surface area contributed by atoms with E-state index in [1.807, 2.05) is 18.2 Å². The lowest BCUT2D eigenvalue weighted by atomic mass is 10.0. The summed E-state index contributed by atoms with van der Waals surface area (Å²) in [6, 6.07) is 13.2. The van der Waals surface area contributed by atoms with Crippen LogP contribution in [0.25, 0.3) is 0 Å². The second-order valence-electron chi connectivity index (χ2n) is 4.88. The van der Waals surface area contributed by atoms with E-state index in [9.17, 15) is 8.78 Å². The Bertz CT molecular complexity index is 509. The van der Waals surface area contributed by atoms with Crippen LogP contribution in [0.15, 0.2) is 42.5 Å². The largest absolute Gasteiger partial charge is 0.207 e. The minimum atomic E-state index is -0.446. The van der Waals surface area contributed by atoms with Gasteiger partial charge in [-0.05, 0) is 55.9 Å². The van der Waals surface area contributed by atoms with Crippen LogP contribution in [0, 0.1) is 18.6 Å². The lowest BCUT2D eigenvalue weighted by Crippen LogP contribution is -1.95. The molecule has 100 valence electrons. The molecular weight excluding hydrogens is 242 g/mol. The minimum absolute atomic E-state index is 0.105. The molecule has 0 atom stereocenters. The number of rotatable bonds is 5. The molecule has 19 heavy (non-hydrogen) atoms. The van der Waals surface area contributed by atoms with E-state index in [0.717, 1.165) is 31.2 Å². The second kappa shape index (κ2) is 6.46. The zero-order valence-corrected chi connectivity index (χ0v) is 11.1. The van der Waals surface area contributed by atoms with Crippen molar-refractivity contribution in [3.05, 3.63) is 70.8 Å². The highest BCUT2D eigenvalue weighted by molar-refractivity contribution is 5.25. The predicted octanol–water partition coefficient (Wildman–Crippen LogP) is 4.84. The summed E-state index contributed by atoms with van der Waals surface area (Å²) in [4.78, 5) is 0. The van der Waals surface area contributed by atoms with Crippen LogP contribution in [-0.4, -0.2) is 0 Å². The quantitative estimate of drug-likeness (QED) is 0.675. The fourth-order valence-corrected chi connectivity index (χ4v) is 2.15. The summed E-state index contributed by atoms with van der Waals surface area (Å²) < 4.78 is 26.7. The maximum absolute atomic E-state index is 13.4. The Kier molecular flexibility index (Phi) is 4.67. The van der Waals surface area contributed by atoms with Gasteiger partial charge >= 0.3 is 0 Å². The molecule has 0 bridgehead atoms. The van der Waals surface area contributed by atoms with Crippen molar-refractivity contribution in [3.8, 4) is 0 Å². The van der Waals surface area contributed by atoms with E-state index in [1.165, 1.54) is 24.6 Å². The van der Waals surface area contributed by atoms with Crippen LogP contribution in [0.4, 0.5) is 8.78 Å². The molecule has 2 aromatic carbocycles. The molecule has 0 aliphatic carbocycles. The highest BCUT2D eigenvalue weighted by Crippen LogP contribution is 2.16. The number of unbranched alkanes of at least 4 members (excludes halogenated alkanes) is 1. The highest BCUT2D eigenvalue weighted by Gasteiger charge is 2.06. The summed E-state index contributed by atoms with van der Waals surface area (Å²) in [6.45, 7) is 1.46. The number of aryl methyl sites for hydroxylation is 2. The van der Waals surface area contributed by atoms with E-state index in [1.54, 1.807) is 0 Å². The van der Waals surface area contributed by atoms with Gasteiger partial charge in [-0.2, -0.15) is 0 Å². The Morgan fingerprint density at radius 3 is 1.89 bits per heavy atom. The maximum atomic E-state index is 13.4. The first kappa shape index (κ1) is 13.7. The van der Waals surface area contributed by atoms with Crippen molar-refractivity contribution in [2.75, 3.05) is 0 Å². The van der Waals surface area contributed by atoms with Crippen LogP contribution in [-0.2, 0) is 12.8 Å². The van der Waals surface area contributed by atoms with Gasteiger partial charge in [0.25, 0.3) is 0 Å². The average Bonchev–Trinajstić information content (AvgIpc) is 2.42. The van der Waals surface area contributed by atoms with Crippen molar-refractivity contribution in [1.29, 1.82) is 0 Å². The fourth-order valence-electron chi connectivity index (χ4n) is 2.15. The van der Waals surface area contributed by atoms with Crippen LogP contribution >= 0.6 is 0 Å². The van der Waals surface area contributed by atoms with Gasteiger partial charge < -0.3 is 0 Å². The lowest BCUT2D eigenvalue weighted by Gasteiger charge is -2.05. The molecular formula is C17H18F2.